The number of nitrogens with one attached hydrogen (secondary N) is 2. The molecule has 0 bridgehead atoms. The van der Waals surface area contributed by atoms with Gasteiger partial charge in [0.1, 0.15) is 43.0 Å². The highest BCUT2D eigenvalue weighted by atomic mass is 35.5. The number of halogens is 1. The number of thiazole rings is 4. The van der Waals surface area contributed by atoms with Crippen molar-refractivity contribution in [2.24, 2.45) is 10.8 Å². The van der Waals surface area contributed by atoms with E-state index in [4.69, 9.17) is 22.0 Å². The first-order valence-electron chi connectivity index (χ1n) is 19.1. The Balaban J connectivity index is -0.000000902. The SMILES string of the molecule is C.CC(C)(C)C(=O)CC(=O)NCc1nc(-c2nc(C(=O)O)cs2)cs1.CC(C)(C)SC(=O)CC(=O)C(C)(C)C.O=C(O)c1csc(-c2csc(CNCl)n2)n1.S=S=S=S=S=S.S=S=S=S=S=S=S.S=S=S=S=S=S=S=S. The number of amides is 1. The number of rotatable bonds is 12. The summed E-state index contributed by atoms with van der Waals surface area (Å²) in [7, 11) is 22.1. The molecule has 0 aromatic carbocycles. The zero-order valence-electron chi connectivity index (χ0n) is 39.8. The molecule has 0 radical (unpaired) electrons. The molecule has 41 heteroatoms. The van der Waals surface area contributed by atoms with Crippen LogP contribution < -0.4 is 10.2 Å². The number of hydrogen-bond donors (Lipinski definition) is 4. The summed E-state index contributed by atoms with van der Waals surface area (Å²) < 4.78 is -0.102. The van der Waals surface area contributed by atoms with Gasteiger partial charge in [0, 0.05) is 237 Å². The van der Waals surface area contributed by atoms with Gasteiger partial charge < -0.3 is 15.5 Å². The second-order valence-electron chi connectivity index (χ2n) is 15.3. The number of nitrogens with zero attached hydrogens (tertiary/aromatic N) is 4. The fourth-order valence-electron chi connectivity index (χ4n) is 3.54. The number of carbonyl (C=O) groups excluding carboxylic acids is 4. The lowest BCUT2D eigenvalue weighted by Gasteiger charge is -2.19. The van der Waals surface area contributed by atoms with Crippen molar-refractivity contribution in [3.8, 4) is 21.4 Å². The second-order valence-corrected chi connectivity index (χ2v) is 47.6. The first-order valence-corrected chi connectivity index (χ1v) is 47.8. The largest absolute Gasteiger partial charge is 0.476 e. The Hall–Kier alpha value is 1.16. The van der Waals surface area contributed by atoms with Crippen molar-refractivity contribution in [3.63, 3.8) is 0 Å². The van der Waals surface area contributed by atoms with Crippen LogP contribution >= 0.6 is 68.9 Å². The van der Waals surface area contributed by atoms with Gasteiger partial charge in [0.25, 0.3) is 0 Å². The van der Waals surface area contributed by atoms with Gasteiger partial charge in [-0.1, -0.05) is 81.5 Å². The van der Waals surface area contributed by atoms with Crippen molar-refractivity contribution in [2.75, 3.05) is 0 Å². The molecule has 1 amide bonds. The average molecular weight is 1550 g/mol. The van der Waals surface area contributed by atoms with Gasteiger partial charge in [-0.2, -0.15) is 0 Å². The van der Waals surface area contributed by atoms with Crippen LogP contribution in [0.2, 0.25) is 0 Å². The van der Waals surface area contributed by atoms with Gasteiger partial charge in [0.15, 0.2) is 16.5 Å². The van der Waals surface area contributed by atoms with Crippen LogP contribution in [0.5, 0.6) is 0 Å². The highest BCUT2D eigenvalue weighted by Gasteiger charge is 2.26. The van der Waals surface area contributed by atoms with Crippen LogP contribution in [0.15, 0.2) is 21.5 Å². The lowest BCUT2D eigenvalue weighted by molar-refractivity contribution is -0.133. The van der Waals surface area contributed by atoms with Gasteiger partial charge in [-0.05, 0) is 11.8 Å². The molecule has 0 aliphatic carbocycles. The van der Waals surface area contributed by atoms with E-state index in [0.717, 1.165) is 5.01 Å². The molecule has 4 rings (SSSR count). The Bertz CT molecular complexity index is 3170. The van der Waals surface area contributed by atoms with E-state index in [2.05, 4.69) is 97.2 Å². The first kappa shape index (κ1) is 81.4. The minimum atomic E-state index is -1.08. The van der Waals surface area contributed by atoms with Crippen molar-refractivity contribution < 1.29 is 39.0 Å². The lowest BCUT2D eigenvalue weighted by atomic mass is 9.89. The molecule has 0 aliphatic rings. The maximum Gasteiger partial charge on any atom is 0.355 e. The quantitative estimate of drug-likeness (QED) is 0.0773. The Morgan fingerprint density at radius 2 is 0.868 bits per heavy atom. The Morgan fingerprint density at radius 1 is 0.526 bits per heavy atom. The van der Waals surface area contributed by atoms with Crippen molar-refractivity contribution in [2.45, 2.75) is 100 Å². The zero-order valence-corrected chi connectivity index (χ0v) is 61.7. The van der Waals surface area contributed by atoms with Crippen molar-refractivity contribution in [3.05, 3.63) is 42.9 Å². The summed E-state index contributed by atoms with van der Waals surface area (Å²) in [6.45, 7) is 17.4. The van der Waals surface area contributed by atoms with Gasteiger partial charge >= 0.3 is 11.9 Å². The number of thioether (sulfide) groups is 1. The number of aromatic nitrogens is 4. The maximum absolute atomic E-state index is 11.8. The highest BCUT2D eigenvalue weighted by molar-refractivity contribution is 8.70. The second kappa shape index (κ2) is 47.5. The monoisotopic (exact) mass is 1550 g/mol. The number of carboxylic acids is 2. The van der Waals surface area contributed by atoms with E-state index in [0.29, 0.717) is 33.0 Å². The molecule has 14 nitrogen and oxygen atoms in total. The summed E-state index contributed by atoms with van der Waals surface area (Å²) in [6, 6.07) is 0. The molecule has 0 aliphatic heterocycles. The van der Waals surface area contributed by atoms with Crippen LogP contribution in [0.3, 0.4) is 0 Å². The minimum Gasteiger partial charge on any atom is -0.476 e. The summed E-state index contributed by atoms with van der Waals surface area (Å²) in [5.74, 6) is -2.55. The fourth-order valence-corrected chi connectivity index (χ4v) is 32.4. The molecule has 0 saturated heterocycles. The van der Waals surface area contributed by atoms with E-state index in [1.165, 1.54) is 139 Å². The van der Waals surface area contributed by atoms with Gasteiger partial charge in [0.05, 0.1) is 25.9 Å². The summed E-state index contributed by atoms with van der Waals surface area (Å²) in [5, 5.41) is 29.4. The number of Topliss-reactive ketones (excluding diaryl/α,β-unsaturated/α-hetero) is 2. The molecule has 0 fully saturated rings. The molecule has 4 N–H and O–H groups in total. The summed E-state index contributed by atoms with van der Waals surface area (Å²) >= 11 is 39.2. The molecule has 428 valence electrons. The normalized spacial score (nSPS) is 9.87. The number of hydrogen-bond acceptors (Lipinski definition) is 22. The zero-order chi connectivity index (χ0) is 57.6. The van der Waals surface area contributed by atoms with E-state index >= 15 is 0 Å². The number of carbonyl (C=O) groups is 6. The molecule has 0 saturated carbocycles. The molecule has 76 heavy (non-hydrogen) atoms. The van der Waals surface area contributed by atoms with E-state index in [9.17, 15) is 28.8 Å². The molecule has 0 atom stereocenters. The van der Waals surface area contributed by atoms with E-state index in [1.807, 2.05) is 46.9 Å². The van der Waals surface area contributed by atoms with E-state index in [1.54, 1.807) is 88.3 Å². The average Bonchev–Trinajstić information content (AvgIpc) is 4.18. The predicted octanol–water partition coefficient (Wildman–Crippen LogP) is 8.43. The Kier molecular flexibility index (Phi) is 50.9. The lowest BCUT2D eigenvalue weighted by Crippen LogP contribution is -2.30. The topological polar surface area (TPSA) is 218 Å². The predicted molar refractivity (Wildman–Crippen MR) is 377 cm³/mol. The van der Waals surface area contributed by atoms with E-state index in [-0.39, 0.29) is 65.5 Å². The van der Waals surface area contributed by atoms with E-state index < -0.39 is 22.8 Å². The summed E-state index contributed by atoms with van der Waals surface area (Å²) in [4.78, 5) is 87.1. The van der Waals surface area contributed by atoms with Crippen LogP contribution in [-0.2, 0) is 233 Å². The molecular formula is C35H47ClN6O8S26. The standard InChI is InChI=1S/C15H17N3O4S2.C11H20O2S.C8H6ClN3O2S2.CH4.S8.S7.S6/c1-15(2,3)10(19)4-11(20)16-5-12-17-8(6-23-12)13-18-9(7-24-13)14(21)22;1-10(2,3)8(12)7-9(13)14-11(4,5)6;9-10-1-6-11-4(2-15-6)7-12-5(3-16-7)8(13)14;;1-3-5-7-8-6-4-2;1-3-5-7-6-4-2;1-3-5-6-4-2/h6-7H,4-5H2,1-3H3,(H,16,20)(H,21,22);7H2,1-6H3;2-3,10H,1H2,(H,13,14);1H4;;;. The van der Waals surface area contributed by atoms with Crippen molar-refractivity contribution >= 4 is 304 Å². The summed E-state index contributed by atoms with van der Waals surface area (Å²) in [6.07, 6.45) is -0.110. The number of aromatic carboxylic acids is 2. The van der Waals surface area contributed by atoms with Gasteiger partial charge in [-0.15, -0.1) is 45.3 Å². The van der Waals surface area contributed by atoms with Crippen LogP contribution in [-0.4, -0.2) is 69.4 Å². The van der Waals surface area contributed by atoms with Crippen LogP contribution in [0.4, 0.5) is 0 Å². The van der Waals surface area contributed by atoms with Gasteiger partial charge in [-0.25, -0.2) is 34.4 Å². The third kappa shape index (κ3) is 42.9. The minimum absolute atomic E-state index is 0. The Labute approximate surface area is 540 Å². The van der Waals surface area contributed by atoms with Crippen LogP contribution in [0.1, 0.15) is 114 Å². The van der Waals surface area contributed by atoms with Crippen molar-refractivity contribution in [1.29, 1.82) is 0 Å². The molecule has 4 aromatic heterocycles. The summed E-state index contributed by atoms with van der Waals surface area (Å²) in [5.41, 5.74) is 0.340. The third-order valence-electron chi connectivity index (χ3n) is 6.70. The van der Waals surface area contributed by atoms with Crippen LogP contribution in [0.25, 0.3) is 21.4 Å². The number of ketones is 2. The van der Waals surface area contributed by atoms with Gasteiger partial charge in [0.2, 0.25) is 5.91 Å². The molecular weight excluding hydrogens is 1500 g/mol. The molecule has 0 spiro atoms. The highest BCUT2D eigenvalue weighted by Crippen LogP contribution is 2.28. The fraction of sp³-hybridized carbons (Fsp3) is 0.486. The van der Waals surface area contributed by atoms with Crippen LogP contribution in [0, 0.1) is 10.8 Å². The smallest absolute Gasteiger partial charge is 0.355 e. The number of carboxylic acid groups (broad SMARTS) is 2. The third-order valence-corrected chi connectivity index (χ3v) is 37.9. The van der Waals surface area contributed by atoms with Gasteiger partial charge in [-0.3, -0.25) is 19.2 Å². The van der Waals surface area contributed by atoms with Crippen molar-refractivity contribution in [1.82, 2.24) is 30.1 Å². The molecule has 4 heterocycles. The molecule has 4 aromatic rings. The maximum atomic E-state index is 11.8. The molecule has 0 unspecified atom stereocenters. The first-order chi connectivity index (χ1) is 35.1. The Morgan fingerprint density at radius 3 is 1.18 bits per heavy atom.